The highest BCUT2D eigenvalue weighted by Crippen LogP contribution is 2.21. The Morgan fingerprint density at radius 1 is 1.53 bits per heavy atom. The first kappa shape index (κ1) is 12.3. The van der Waals surface area contributed by atoms with Gasteiger partial charge in [0.25, 0.3) is 0 Å². The van der Waals surface area contributed by atoms with Gasteiger partial charge in [-0.15, -0.1) is 0 Å². The summed E-state index contributed by atoms with van der Waals surface area (Å²) in [6.07, 6.45) is 4.26. The summed E-state index contributed by atoms with van der Waals surface area (Å²) in [7, 11) is 0. The molecule has 1 aliphatic heterocycles. The van der Waals surface area contributed by atoms with E-state index >= 15 is 0 Å². The molecule has 1 N–H and O–H groups in total. The zero-order valence-electron chi connectivity index (χ0n) is 10.3. The van der Waals surface area contributed by atoms with Crippen LogP contribution in [-0.4, -0.2) is 29.6 Å². The molecule has 1 aliphatic rings. The van der Waals surface area contributed by atoms with Gasteiger partial charge >= 0.3 is 0 Å². The second kappa shape index (κ2) is 5.36. The maximum absolute atomic E-state index is 4.02. The molecule has 1 heterocycles. The summed E-state index contributed by atoms with van der Waals surface area (Å²) in [4.78, 5) is 2.35. The molecule has 1 unspecified atom stereocenters. The SMILES string of the molecule is C=CC(=C)N1CCC(NC(C)C)C[C@@H]1C. The van der Waals surface area contributed by atoms with Gasteiger partial charge in [-0.3, -0.25) is 0 Å². The van der Waals surface area contributed by atoms with Crippen molar-refractivity contribution in [3.8, 4) is 0 Å². The van der Waals surface area contributed by atoms with Gasteiger partial charge in [-0.2, -0.15) is 0 Å². The van der Waals surface area contributed by atoms with Gasteiger partial charge in [0.05, 0.1) is 0 Å². The lowest BCUT2D eigenvalue weighted by atomic mass is 9.97. The van der Waals surface area contributed by atoms with Crippen LogP contribution in [0, 0.1) is 0 Å². The Hall–Kier alpha value is -0.760. The third-order valence-electron chi connectivity index (χ3n) is 3.05. The normalized spacial score (nSPS) is 26.8. The van der Waals surface area contributed by atoms with Crippen LogP contribution in [0.2, 0.25) is 0 Å². The fourth-order valence-corrected chi connectivity index (χ4v) is 2.34. The second-order valence-electron chi connectivity index (χ2n) is 4.78. The molecule has 0 spiro atoms. The Balaban J connectivity index is 2.47. The molecule has 0 amide bonds. The predicted molar refractivity (Wildman–Crippen MR) is 66.8 cm³/mol. The topological polar surface area (TPSA) is 15.3 Å². The molecule has 0 aromatic carbocycles. The van der Waals surface area contributed by atoms with Gasteiger partial charge in [0.1, 0.15) is 0 Å². The van der Waals surface area contributed by atoms with Gasteiger partial charge in [-0.05, 0) is 25.8 Å². The van der Waals surface area contributed by atoms with Crippen LogP contribution in [0.15, 0.2) is 24.9 Å². The van der Waals surface area contributed by atoms with E-state index in [1.54, 1.807) is 0 Å². The highest BCUT2D eigenvalue weighted by Gasteiger charge is 2.25. The summed E-state index contributed by atoms with van der Waals surface area (Å²) in [6, 6.07) is 1.81. The van der Waals surface area contributed by atoms with Crippen molar-refractivity contribution in [3.63, 3.8) is 0 Å². The highest BCUT2D eigenvalue weighted by molar-refractivity contribution is 5.12. The van der Waals surface area contributed by atoms with Crippen LogP contribution >= 0.6 is 0 Å². The summed E-state index contributed by atoms with van der Waals surface area (Å²) < 4.78 is 0. The van der Waals surface area contributed by atoms with Crippen LogP contribution in [0.5, 0.6) is 0 Å². The fraction of sp³-hybridized carbons (Fsp3) is 0.692. The highest BCUT2D eigenvalue weighted by atomic mass is 15.2. The third-order valence-corrected chi connectivity index (χ3v) is 3.05. The monoisotopic (exact) mass is 208 g/mol. The average molecular weight is 208 g/mol. The third kappa shape index (κ3) is 3.38. The first-order chi connectivity index (χ1) is 7.04. The molecular weight excluding hydrogens is 184 g/mol. The van der Waals surface area contributed by atoms with Crippen molar-refractivity contribution in [2.24, 2.45) is 0 Å². The van der Waals surface area contributed by atoms with Crippen molar-refractivity contribution in [2.45, 2.75) is 51.7 Å². The Kier molecular flexibility index (Phi) is 4.40. The van der Waals surface area contributed by atoms with Gasteiger partial charge in [-0.25, -0.2) is 0 Å². The van der Waals surface area contributed by atoms with E-state index in [0.29, 0.717) is 18.1 Å². The Bertz CT molecular complexity index is 233. The molecule has 15 heavy (non-hydrogen) atoms. The molecule has 86 valence electrons. The van der Waals surface area contributed by atoms with Gasteiger partial charge in [0.15, 0.2) is 0 Å². The quantitative estimate of drug-likeness (QED) is 0.714. The second-order valence-corrected chi connectivity index (χ2v) is 4.78. The maximum Gasteiger partial charge on any atom is 0.0289 e. The summed E-state index contributed by atoms with van der Waals surface area (Å²) in [5.74, 6) is 0. The van der Waals surface area contributed by atoms with Crippen LogP contribution < -0.4 is 5.32 Å². The molecule has 0 radical (unpaired) electrons. The lowest BCUT2D eigenvalue weighted by Gasteiger charge is -2.40. The molecule has 0 aromatic heterocycles. The summed E-state index contributed by atoms with van der Waals surface area (Å²) in [5, 5.41) is 3.61. The van der Waals surface area contributed by atoms with E-state index < -0.39 is 0 Å². The van der Waals surface area contributed by atoms with E-state index in [1.807, 2.05) is 6.08 Å². The molecule has 1 fully saturated rings. The van der Waals surface area contributed by atoms with Crippen molar-refractivity contribution in [2.75, 3.05) is 6.54 Å². The lowest BCUT2D eigenvalue weighted by Crippen LogP contribution is -2.48. The number of nitrogens with one attached hydrogen (secondary N) is 1. The molecule has 1 saturated heterocycles. The molecule has 0 bridgehead atoms. The van der Waals surface area contributed by atoms with Crippen LogP contribution in [0.1, 0.15) is 33.6 Å². The van der Waals surface area contributed by atoms with Crippen molar-refractivity contribution < 1.29 is 0 Å². The van der Waals surface area contributed by atoms with Crippen molar-refractivity contribution >= 4 is 0 Å². The smallest absolute Gasteiger partial charge is 0.0289 e. The summed E-state index contributed by atoms with van der Waals surface area (Å²) in [5.41, 5.74) is 1.06. The maximum atomic E-state index is 4.02. The zero-order chi connectivity index (χ0) is 11.4. The van der Waals surface area contributed by atoms with Crippen molar-refractivity contribution in [3.05, 3.63) is 24.9 Å². The van der Waals surface area contributed by atoms with E-state index in [1.165, 1.54) is 12.8 Å². The Morgan fingerprint density at radius 2 is 2.20 bits per heavy atom. The van der Waals surface area contributed by atoms with Gasteiger partial charge in [0.2, 0.25) is 0 Å². The van der Waals surface area contributed by atoms with Crippen LogP contribution in [0.3, 0.4) is 0 Å². The van der Waals surface area contributed by atoms with Gasteiger partial charge in [-0.1, -0.05) is 27.0 Å². The largest absolute Gasteiger partial charge is 0.369 e. The zero-order valence-corrected chi connectivity index (χ0v) is 10.3. The van der Waals surface area contributed by atoms with Crippen LogP contribution in [-0.2, 0) is 0 Å². The minimum absolute atomic E-state index is 0.570. The molecule has 2 nitrogen and oxygen atoms in total. The van der Waals surface area contributed by atoms with Crippen molar-refractivity contribution in [1.29, 1.82) is 0 Å². The number of likely N-dealkylation sites (tertiary alicyclic amines) is 1. The van der Waals surface area contributed by atoms with E-state index in [4.69, 9.17) is 0 Å². The number of rotatable bonds is 4. The number of hydrogen-bond donors (Lipinski definition) is 1. The molecule has 0 aliphatic carbocycles. The van der Waals surface area contributed by atoms with E-state index in [-0.39, 0.29) is 0 Å². The minimum Gasteiger partial charge on any atom is -0.369 e. The van der Waals surface area contributed by atoms with Crippen molar-refractivity contribution in [1.82, 2.24) is 10.2 Å². The van der Waals surface area contributed by atoms with Gasteiger partial charge in [0, 0.05) is 30.4 Å². The minimum atomic E-state index is 0.570. The Labute approximate surface area is 94.0 Å². The average Bonchev–Trinajstić information content (AvgIpc) is 2.16. The molecule has 2 atom stereocenters. The first-order valence-electron chi connectivity index (χ1n) is 5.88. The molecule has 0 aromatic rings. The number of nitrogens with zero attached hydrogens (tertiary/aromatic N) is 1. The number of piperidine rings is 1. The standard InChI is InChI=1S/C13H24N2/c1-6-11(4)15-8-7-13(9-12(15)5)14-10(2)3/h6,10,12-14H,1,4,7-9H2,2-3,5H3/t12-,13?/m0/s1. The van der Waals surface area contributed by atoms with E-state index in [9.17, 15) is 0 Å². The number of allylic oxidation sites excluding steroid dienone is 1. The van der Waals surface area contributed by atoms with E-state index in [2.05, 4.69) is 44.1 Å². The summed E-state index contributed by atoms with van der Waals surface area (Å²) >= 11 is 0. The van der Waals surface area contributed by atoms with Crippen LogP contribution in [0.4, 0.5) is 0 Å². The fourth-order valence-electron chi connectivity index (χ4n) is 2.34. The summed E-state index contributed by atoms with van der Waals surface area (Å²) in [6.45, 7) is 15.6. The lowest BCUT2D eigenvalue weighted by molar-refractivity contribution is 0.177. The Morgan fingerprint density at radius 3 is 2.67 bits per heavy atom. The molecule has 2 heteroatoms. The van der Waals surface area contributed by atoms with E-state index in [0.717, 1.165) is 12.2 Å². The predicted octanol–water partition coefficient (Wildman–Crippen LogP) is 2.54. The number of hydrogen-bond acceptors (Lipinski definition) is 2. The molecular formula is C13H24N2. The molecule has 1 rings (SSSR count). The first-order valence-corrected chi connectivity index (χ1v) is 5.88. The molecule has 0 saturated carbocycles. The van der Waals surface area contributed by atoms with Crippen LogP contribution in [0.25, 0.3) is 0 Å². The van der Waals surface area contributed by atoms with Gasteiger partial charge < -0.3 is 10.2 Å².